The van der Waals surface area contributed by atoms with Gasteiger partial charge in [0.2, 0.25) is 0 Å². The Morgan fingerprint density at radius 3 is 2.45 bits per heavy atom. The summed E-state index contributed by atoms with van der Waals surface area (Å²) in [5.41, 5.74) is 3.56. The summed E-state index contributed by atoms with van der Waals surface area (Å²) in [6.07, 6.45) is 2.81. The first-order valence-corrected chi connectivity index (χ1v) is 12.7. The van der Waals surface area contributed by atoms with Gasteiger partial charge < -0.3 is 10.1 Å². The largest absolute Gasteiger partial charge is 0.482 e. The van der Waals surface area contributed by atoms with E-state index in [0.29, 0.717) is 21.6 Å². The molecule has 2 aromatic carbocycles. The highest BCUT2D eigenvalue weighted by Gasteiger charge is 2.19. The van der Waals surface area contributed by atoms with Crippen LogP contribution in [-0.2, 0) is 24.2 Å². The zero-order chi connectivity index (χ0) is 23.8. The van der Waals surface area contributed by atoms with Crippen LogP contribution in [0, 0.1) is 0 Å². The van der Waals surface area contributed by atoms with Gasteiger partial charge in [0, 0.05) is 10.8 Å². The summed E-state index contributed by atoms with van der Waals surface area (Å²) in [7, 11) is 0. The van der Waals surface area contributed by atoms with Crippen molar-refractivity contribution in [1.29, 1.82) is 0 Å². The Morgan fingerprint density at radius 2 is 1.82 bits per heavy atom. The molecule has 0 fully saturated rings. The van der Waals surface area contributed by atoms with Crippen molar-refractivity contribution >= 4 is 40.9 Å². The third kappa shape index (κ3) is 6.43. The van der Waals surface area contributed by atoms with E-state index in [4.69, 9.17) is 27.9 Å². The number of rotatable bonds is 11. The topological polar surface area (TPSA) is 69.0 Å². The number of hydrogen-bond acceptors (Lipinski definition) is 5. The van der Waals surface area contributed by atoms with Crippen LogP contribution in [0.2, 0.25) is 10.0 Å². The number of nitrogens with one attached hydrogen (secondary N) is 1. The first-order chi connectivity index (χ1) is 16.0. The molecule has 1 N–H and O–H groups in total. The molecule has 0 bridgehead atoms. The van der Waals surface area contributed by atoms with Gasteiger partial charge >= 0.3 is 0 Å². The van der Waals surface area contributed by atoms with Crippen molar-refractivity contribution in [2.45, 2.75) is 51.7 Å². The number of amides is 1. The van der Waals surface area contributed by atoms with Crippen molar-refractivity contribution < 1.29 is 9.53 Å². The number of thioether (sulfide) groups is 1. The van der Waals surface area contributed by atoms with Gasteiger partial charge in [-0.1, -0.05) is 73.9 Å². The van der Waals surface area contributed by atoms with Gasteiger partial charge in [0.15, 0.2) is 17.6 Å². The number of aromatic nitrogens is 3. The van der Waals surface area contributed by atoms with Crippen LogP contribution in [0.4, 0.5) is 0 Å². The number of ether oxygens (including phenoxy) is 1. The van der Waals surface area contributed by atoms with E-state index in [1.54, 1.807) is 30.0 Å². The van der Waals surface area contributed by atoms with Crippen LogP contribution in [-0.4, -0.2) is 33.0 Å². The lowest BCUT2D eigenvalue weighted by molar-refractivity contribution is -0.123. The van der Waals surface area contributed by atoms with E-state index in [9.17, 15) is 4.79 Å². The van der Waals surface area contributed by atoms with Gasteiger partial charge in [0.1, 0.15) is 5.75 Å². The quantitative estimate of drug-likeness (QED) is 0.328. The van der Waals surface area contributed by atoms with Crippen LogP contribution in [0.15, 0.2) is 41.6 Å². The van der Waals surface area contributed by atoms with Gasteiger partial charge in [-0.05, 0) is 48.6 Å². The monoisotopic (exact) mass is 506 g/mol. The maximum atomic E-state index is 12.5. The third-order valence-electron chi connectivity index (χ3n) is 5.02. The average Bonchev–Trinajstić information content (AvgIpc) is 3.22. The minimum atomic E-state index is -0.280. The molecule has 0 unspecified atom stereocenters. The van der Waals surface area contributed by atoms with Crippen molar-refractivity contribution in [3.05, 3.63) is 63.4 Å². The summed E-state index contributed by atoms with van der Waals surface area (Å²) in [5, 5.41) is 13.4. The van der Waals surface area contributed by atoms with Crippen molar-refractivity contribution in [3.8, 4) is 11.4 Å². The molecule has 1 amide bonds. The van der Waals surface area contributed by atoms with E-state index in [0.717, 1.165) is 35.9 Å². The van der Waals surface area contributed by atoms with Crippen LogP contribution in [0.25, 0.3) is 5.69 Å². The lowest BCUT2D eigenvalue weighted by atomic mass is 10.0. The summed E-state index contributed by atoms with van der Waals surface area (Å²) in [6.45, 7) is 6.49. The average molecular weight is 507 g/mol. The second-order valence-electron chi connectivity index (χ2n) is 7.35. The molecular formula is C24H28Cl2N4O2S. The van der Waals surface area contributed by atoms with E-state index in [1.807, 2.05) is 0 Å². The van der Waals surface area contributed by atoms with Crippen LogP contribution in [0.5, 0.6) is 5.75 Å². The number of carbonyl (C=O) groups is 1. The fraction of sp³-hybridized carbons (Fsp3) is 0.375. The van der Waals surface area contributed by atoms with Crippen molar-refractivity contribution in [3.63, 3.8) is 0 Å². The molecule has 33 heavy (non-hydrogen) atoms. The summed E-state index contributed by atoms with van der Waals surface area (Å²) in [4.78, 5) is 12.5. The molecule has 176 valence electrons. The Bertz CT molecular complexity index is 1080. The third-order valence-corrected chi connectivity index (χ3v) is 6.69. The molecule has 0 atom stereocenters. The number of halogens is 2. The van der Waals surface area contributed by atoms with Crippen LogP contribution in [0.3, 0.4) is 0 Å². The Balaban J connectivity index is 1.80. The number of aryl methyl sites for hydroxylation is 2. The Hall–Kier alpha value is -2.22. The maximum Gasteiger partial charge on any atom is 0.258 e. The summed E-state index contributed by atoms with van der Waals surface area (Å²) in [5.74, 6) is 1.75. The molecule has 1 aromatic heterocycles. The second-order valence-corrected chi connectivity index (χ2v) is 9.26. The summed E-state index contributed by atoms with van der Waals surface area (Å²) in [6, 6.07) is 11.2. The molecule has 9 heteroatoms. The predicted molar refractivity (Wildman–Crippen MR) is 135 cm³/mol. The second kappa shape index (κ2) is 12.3. The van der Waals surface area contributed by atoms with Crippen LogP contribution >= 0.6 is 35.0 Å². The lowest BCUT2D eigenvalue weighted by Gasteiger charge is -2.18. The molecule has 1 heterocycles. The van der Waals surface area contributed by atoms with E-state index in [2.05, 4.69) is 59.1 Å². The minimum Gasteiger partial charge on any atom is -0.482 e. The molecular weight excluding hydrogens is 479 g/mol. The Labute approximate surface area is 209 Å². The minimum absolute atomic E-state index is 0.168. The fourth-order valence-electron chi connectivity index (χ4n) is 3.39. The van der Waals surface area contributed by atoms with E-state index >= 15 is 0 Å². The predicted octanol–water partition coefficient (Wildman–Crippen LogP) is 5.90. The number of hydrogen-bond donors (Lipinski definition) is 1. The molecule has 6 nitrogen and oxygen atoms in total. The molecule has 0 radical (unpaired) electrons. The Morgan fingerprint density at radius 1 is 1.09 bits per heavy atom. The zero-order valence-corrected chi connectivity index (χ0v) is 21.4. The molecule has 0 aliphatic rings. The first kappa shape index (κ1) is 25.4. The number of para-hydroxylation sites is 1. The van der Waals surface area contributed by atoms with Gasteiger partial charge in [-0.2, -0.15) is 0 Å². The number of nitrogens with zero attached hydrogens (tertiary/aromatic N) is 3. The van der Waals surface area contributed by atoms with Crippen molar-refractivity contribution in [1.82, 2.24) is 20.1 Å². The molecule has 3 aromatic rings. The van der Waals surface area contributed by atoms with Crippen LogP contribution < -0.4 is 10.1 Å². The molecule has 3 rings (SSSR count). The first-order valence-electron chi connectivity index (χ1n) is 11.0. The standard InChI is InChI=1S/C24H28Cl2N4O2S/c1-4-12-33-24-29-28-21(30(24)23-16(5-2)8-7-9-17(23)6-3)14-27-22(31)15-32-20-11-10-18(25)13-19(20)26/h7-11,13H,4-6,12,14-15H2,1-3H3,(H,27,31). The summed E-state index contributed by atoms with van der Waals surface area (Å²) >= 11 is 13.7. The van der Waals surface area contributed by atoms with E-state index in [-0.39, 0.29) is 19.1 Å². The smallest absolute Gasteiger partial charge is 0.258 e. The lowest BCUT2D eigenvalue weighted by Crippen LogP contribution is -2.29. The van der Waals surface area contributed by atoms with Crippen LogP contribution in [0.1, 0.15) is 44.1 Å². The SMILES string of the molecule is CCCSc1nnc(CNC(=O)COc2ccc(Cl)cc2Cl)n1-c1c(CC)cccc1CC. The highest BCUT2D eigenvalue weighted by molar-refractivity contribution is 7.99. The van der Waals surface area contributed by atoms with Crippen molar-refractivity contribution in [2.24, 2.45) is 0 Å². The van der Waals surface area contributed by atoms with Gasteiger partial charge in [-0.15, -0.1) is 10.2 Å². The molecule has 0 saturated carbocycles. The highest BCUT2D eigenvalue weighted by atomic mass is 35.5. The van der Waals surface area contributed by atoms with E-state index in [1.165, 1.54) is 11.1 Å². The van der Waals surface area contributed by atoms with Gasteiger partial charge in [0.25, 0.3) is 5.91 Å². The molecule has 0 saturated heterocycles. The fourth-order valence-corrected chi connectivity index (χ4v) is 4.67. The zero-order valence-electron chi connectivity index (χ0n) is 19.0. The maximum absolute atomic E-state index is 12.5. The van der Waals surface area contributed by atoms with E-state index < -0.39 is 0 Å². The van der Waals surface area contributed by atoms with Crippen molar-refractivity contribution in [2.75, 3.05) is 12.4 Å². The van der Waals surface area contributed by atoms with Gasteiger partial charge in [0.05, 0.1) is 17.3 Å². The van der Waals surface area contributed by atoms with Gasteiger partial charge in [-0.3, -0.25) is 9.36 Å². The molecule has 0 aliphatic heterocycles. The molecule has 0 aliphatic carbocycles. The number of carbonyl (C=O) groups excluding carboxylic acids is 1. The Kier molecular flexibility index (Phi) is 9.47. The summed E-state index contributed by atoms with van der Waals surface area (Å²) < 4.78 is 7.63. The van der Waals surface area contributed by atoms with Gasteiger partial charge in [-0.25, -0.2) is 0 Å². The highest BCUT2D eigenvalue weighted by Crippen LogP contribution is 2.29. The molecule has 0 spiro atoms. The normalized spacial score (nSPS) is 10.9. The number of benzene rings is 2.